The Morgan fingerprint density at radius 1 is 0.655 bits per heavy atom. The van der Waals surface area contributed by atoms with Gasteiger partial charge in [0, 0.05) is 49.7 Å². The first kappa shape index (κ1) is 40.2. The minimum atomic E-state index is -1.20. The van der Waals surface area contributed by atoms with Crippen LogP contribution in [0.3, 0.4) is 0 Å². The highest BCUT2D eigenvalue weighted by molar-refractivity contribution is 8.00. The van der Waals surface area contributed by atoms with Gasteiger partial charge in [-0.2, -0.15) is 10.2 Å². The number of hydrogen-bond donors (Lipinski definition) is 3. The SMILES string of the molecule is CN(C)c1ccc(/N=N/c2ccc(C(=O)NCCNC(=O)C(CSC(c3ccccc3)(c3ccccc3)c3ccccc3)N(C(=O)O)C(C)(C)C)cc2)cc1. The van der Waals surface area contributed by atoms with Crippen LogP contribution in [0.1, 0.15) is 47.8 Å². The fraction of sp³-hybridized carbons (Fsp3) is 0.250. The number of thioether (sulfide) groups is 1. The number of hydrogen-bond acceptors (Lipinski definition) is 7. The molecule has 0 fully saturated rings. The number of carbonyl (C=O) groups excluding carboxylic acids is 2. The van der Waals surface area contributed by atoms with Crippen molar-refractivity contribution in [2.75, 3.05) is 37.8 Å². The van der Waals surface area contributed by atoms with E-state index in [1.807, 2.05) is 97.9 Å². The Morgan fingerprint density at radius 3 is 1.51 bits per heavy atom. The molecule has 0 aliphatic heterocycles. The molecular formula is C44H48N6O4S. The first-order valence-electron chi connectivity index (χ1n) is 18.1. The van der Waals surface area contributed by atoms with Gasteiger partial charge >= 0.3 is 6.09 Å². The Balaban J connectivity index is 1.29. The van der Waals surface area contributed by atoms with Crippen molar-refractivity contribution < 1.29 is 19.5 Å². The van der Waals surface area contributed by atoms with Crippen molar-refractivity contribution in [3.8, 4) is 0 Å². The molecule has 10 nitrogen and oxygen atoms in total. The molecule has 0 bridgehead atoms. The summed E-state index contributed by atoms with van der Waals surface area (Å²) >= 11 is 1.52. The van der Waals surface area contributed by atoms with Gasteiger partial charge in [-0.25, -0.2) is 4.79 Å². The van der Waals surface area contributed by atoms with E-state index in [1.165, 1.54) is 16.7 Å². The van der Waals surface area contributed by atoms with Crippen LogP contribution < -0.4 is 15.5 Å². The second-order valence-electron chi connectivity index (χ2n) is 14.1. The van der Waals surface area contributed by atoms with Gasteiger partial charge in [-0.05, 0) is 86.0 Å². The maximum atomic E-state index is 14.1. The third-order valence-electron chi connectivity index (χ3n) is 9.03. The summed E-state index contributed by atoms with van der Waals surface area (Å²) in [6, 6.07) is 43.6. The summed E-state index contributed by atoms with van der Waals surface area (Å²) in [5.74, 6) is -0.622. The third kappa shape index (κ3) is 10.2. The highest BCUT2D eigenvalue weighted by Gasteiger charge is 2.42. The molecule has 0 aliphatic carbocycles. The van der Waals surface area contributed by atoms with Gasteiger partial charge in [-0.15, -0.1) is 11.8 Å². The predicted molar refractivity (Wildman–Crippen MR) is 222 cm³/mol. The van der Waals surface area contributed by atoms with Crippen molar-refractivity contribution >= 4 is 46.7 Å². The van der Waals surface area contributed by atoms with Crippen LogP contribution >= 0.6 is 11.8 Å². The Labute approximate surface area is 327 Å². The van der Waals surface area contributed by atoms with E-state index in [-0.39, 0.29) is 24.7 Å². The topological polar surface area (TPSA) is 127 Å². The molecule has 3 N–H and O–H groups in total. The minimum absolute atomic E-state index is 0.101. The fourth-order valence-electron chi connectivity index (χ4n) is 6.32. The lowest BCUT2D eigenvalue weighted by Gasteiger charge is -2.41. The van der Waals surface area contributed by atoms with Crippen LogP contribution in [0.5, 0.6) is 0 Å². The molecule has 0 aliphatic rings. The average molecular weight is 757 g/mol. The molecule has 0 heterocycles. The van der Waals surface area contributed by atoms with E-state index in [1.54, 1.807) is 45.0 Å². The number of nitrogens with one attached hydrogen (secondary N) is 2. The lowest BCUT2D eigenvalue weighted by atomic mass is 9.84. The minimum Gasteiger partial charge on any atom is -0.465 e. The molecule has 0 spiro atoms. The molecule has 0 radical (unpaired) electrons. The smallest absolute Gasteiger partial charge is 0.408 e. The molecular weight excluding hydrogens is 709 g/mol. The summed E-state index contributed by atoms with van der Waals surface area (Å²) in [6.07, 6.45) is -1.20. The number of carboxylic acid groups (broad SMARTS) is 1. The molecule has 1 atom stereocenters. The average Bonchev–Trinajstić information content (AvgIpc) is 3.19. The van der Waals surface area contributed by atoms with Crippen LogP contribution in [0.2, 0.25) is 0 Å². The molecule has 284 valence electrons. The lowest BCUT2D eigenvalue weighted by Crippen LogP contribution is -2.58. The van der Waals surface area contributed by atoms with Crippen LogP contribution in [0, 0.1) is 0 Å². The summed E-state index contributed by atoms with van der Waals surface area (Å²) in [4.78, 5) is 43.1. The van der Waals surface area contributed by atoms with E-state index in [2.05, 4.69) is 57.3 Å². The number of azo groups is 1. The number of carbonyl (C=O) groups is 3. The van der Waals surface area contributed by atoms with Crippen LogP contribution in [-0.2, 0) is 9.54 Å². The quantitative estimate of drug-likeness (QED) is 0.0557. The van der Waals surface area contributed by atoms with Crippen molar-refractivity contribution in [3.63, 3.8) is 0 Å². The van der Waals surface area contributed by atoms with Crippen LogP contribution in [-0.4, -0.2) is 72.4 Å². The van der Waals surface area contributed by atoms with Crippen molar-refractivity contribution in [2.24, 2.45) is 10.2 Å². The van der Waals surface area contributed by atoms with Gasteiger partial charge in [0.1, 0.15) is 6.04 Å². The molecule has 0 aromatic heterocycles. The van der Waals surface area contributed by atoms with Crippen molar-refractivity contribution in [1.82, 2.24) is 15.5 Å². The van der Waals surface area contributed by atoms with Crippen molar-refractivity contribution in [2.45, 2.75) is 37.1 Å². The Bertz CT molecular complexity index is 1940. The third-order valence-corrected chi connectivity index (χ3v) is 10.7. The number of nitrogens with zero attached hydrogens (tertiary/aromatic N) is 4. The van der Waals surface area contributed by atoms with Crippen LogP contribution in [0.25, 0.3) is 0 Å². The van der Waals surface area contributed by atoms with E-state index in [4.69, 9.17) is 0 Å². The Morgan fingerprint density at radius 2 is 1.09 bits per heavy atom. The lowest BCUT2D eigenvalue weighted by molar-refractivity contribution is -0.126. The zero-order valence-electron chi connectivity index (χ0n) is 31.8. The van der Waals surface area contributed by atoms with Crippen LogP contribution in [0.15, 0.2) is 150 Å². The second kappa shape index (κ2) is 18.4. The highest BCUT2D eigenvalue weighted by Crippen LogP contribution is 2.49. The zero-order chi connectivity index (χ0) is 39.4. The van der Waals surface area contributed by atoms with Gasteiger partial charge in [0.25, 0.3) is 5.91 Å². The first-order chi connectivity index (χ1) is 26.4. The molecule has 3 amide bonds. The van der Waals surface area contributed by atoms with E-state index in [9.17, 15) is 19.5 Å². The monoisotopic (exact) mass is 756 g/mol. The van der Waals surface area contributed by atoms with Crippen molar-refractivity contribution in [1.29, 1.82) is 0 Å². The Hall–Kier alpha value is -5.94. The number of benzene rings is 5. The summed E-state index contributed by atoms with van der Waals surface area (Å²) in [5, 5.41) is 24.8. The Kier molecular flexibility index (Phi) is 13.5. The van der Waals surface area contributed by atoms with Crippen molar-refractivity contribution in [3.05, 3.63) is 162 Å². The molecule has 5 aromatic carbocycles. The molecule has 55 heavy (non-hydrogen) atoms. The zero-order valence-corrected chi connectivity index (χ0v) is 32.7. The largest absolute Gasteiger partial charge is 0.465 e. The molecule has 0 saturated heterocycles. The maximum absolute atomic E-state index is 14.1. The summed E-state index contributed by atoms with van der Waals surface area (Å²) in [5.41, 5.74) is 4.93. The molecule has 1 unspecified atom stereocenters. The summed E-state index contributed by atoms with van der Waals surface area (Å²) in [7, 11) is 3.94. The maximum Gasteiger partial charge on any atom is 0.408 e. The molecule has 5 aromatic rings. The number of anilines is 1. The van der Waals surface area contributed by atoms with E-state index < -0.39 is 28.3 Å². The van der Waals surface area contributed by atoms with Crippen LogP contribution in [0.4, 0.5) is 21.9 Å². The van der Waals surface area contributed by atoms with Gasteiger partial charge in [0.2, 0.25) is 5.91 Å². The standard InChI is InChI=1S/C44H48N6O4S/c1-43(2,3)50(42(53)54)39(31-55-44(33-15-9-6-10-16-33,34-17-11-7-12-18-34)35-19-13-8-14-20-35)41(52)46-30-29-45-40(51)32-21-23-36(24-22-32)47-48-37-25-27-38(28-26-37)49(4)5/h6-28,39H,29-31H2,1-5H3,(H,45,51)(H,46,52)(H,53,54)/b48-47+. The van der Waals surface area contributed by atoms with E-state index in [0.717, 1.165) is 22.4 Å². The predicted octanol–water partition coefficient (Wildman–Crippen LogP) is 8.89. The highest BCUT2D eigenvalue weighted by atomic mass is 32.2. The molecule has 5 rings (SSSR count). The number of rotatable bonds is 15. The summed E-state index contributed by atoms with van der Waals surface area (Å²) < 4.78 is -0.757. The van der Waals surface area contributed by atoms with Gasteiger partial charge < -0.3 is 20.6 Å². The molecule has 11 heteroatoms. The molecule has 0 saturated carbocycles. The first-order valence-corrected chi connectivity index (χ1v) is 19.1. The van der Waals surface area contributed by atoms with E-state index >= 15 is 0 Å². The van der Waals surface area contributed by atoms with Gasteiger partial charge in [-0.1, -0.05) is 91.0 Å². The van der Waals surface area contributed by atoms with Gasteiger partial charge in [-0.3, -0.25) is 14.5 Å². The fourth-order valence-corrected chi connectivity index (χ4v) is 7.94. The summed E-state index contributed by atoms with van der Waals surface area (Å²) in [6.45, 7) is 5.57. The second-order valence-corrected chi connectivity index (χ2v) is 15.4. The van der Waals surface area contributed by atoms with E-state index in [0.29, 0.717) is 16.9 Å². The van der Waals surface area contributed by atoms with Gasteiger partial charge in [0.05, 0.1) is 16.1 Å². The van der Waals surface area contributed by atoms with Gasteiger partial charge in [0.15, 0.2) is 0 Å². The number of amides is 3. The normalized spacial score (nSPS) is 12.2.